The molecule has 42 heteroatoms. The number of carbonyl (C=O) groups is 10. The molecule has 0 fully saturated rings. The number of phenolic OH excluding ortho intramolecular Hbond substituents is 24. The summed E-state index contributed by atoms with van der Waals surface area (Å²) in [6, 6.07) is 32.2. The molecule has 776 valence electrons. The molecule has 24 N–H and O–H groups in total. The van der Waals surface area contributed by atoms with Crippen molar-refractivity contribution in [3.63, 3.8) is 0 Å². The molecule has 10 aromatic rings. The van der Waals surface area contributed by atoms with E-state index in [0.717, 1.165) is 126 Å². The summed E-state index contributed by atoms with van der Waals surface area (Å²) in [6.07, 6.45) is 14.2. The predicted octanol–water partition coefficient (Wildman–Crippen LogP) is 16.0. The topological polar surface area (TPSA) is 721 Å². The number of rotatable bonds is 35. The molecular formula is C104H110O41Si. The van der Waals surface area contributed by atoms with Gasteiger partial charge in [-0.15, -0.1) is 25.5 Å². The number of phenols is 24. The maximum absolute atomic E-state index is 11.8. The van der Waals surface area contributed by atoms with Gasteiger partial charge in [-0.2, -0.15) is 0 Å². The highest BCUT2D eigenvalue weighted by atomic mass is 28.3. The standard InChI is InChI=1S/C17H16O6.C16H14O5.C14H16O6.C13H20O5Si.C12H12O7.C11H12O4.C11H10O4.C10H10O4/c1-2-11-3-5-13(6-4-11)22-7-8-23-17(21)12-9-14(18)16(20)15(19)10-12;1-2-10-3-5-11(6-4-10)9-21-16(20)12-7-13(17)15(19)14(18)8-12;1-8(2)10(15)4-3-5-20-14(19)9-6-11(16)13(18)12(17)7-9;1-19(2,3)6-4-5-18-13(17)9-7-10(14)12(16)11(15)8-9;1-6(2)11(16)18-5-19-12(17)7-3-8(13)10(15)9(14)4-7;2*1-2-3-4-8(12)7-5-9(13)11(15)10(14)6-7;1-2-3-7(11)6-4-8(12)10(14)9(13)5-6/h2-6,9-10,18-20H,1,7-8H2;2-8,17-19H,1,9H2;6-7,16-18H,1,3-5H2,2H3;7-8,14-16H,4-6H2,1-3H3;3-4,13-15H,1,5H2,2H3;2,5-6,13-15H,1,3-4H2;1,5-6,13-15H,3-4H2;2,4-5,12-14H,1,3H2. The lowest BCUT2D eigenvalue weighted by Crippen LogP contribution is -2.20. The van der Waals surface area contributed by atoms with Crippen LogP contribution in [0, 0.1) is 12.3 Å². The second kappa shape index (κ2) is 59.4. The smallest absolute Gasteiger partial charge is 0.341 e. The number of aromatic hydroxyl groups is 24. The van der Waals surface area contributed by atoms with E-state index in [9.17, 15) is 119 Å². The molecule has 0 unspecified atom stereocenters. The van der Waals surface area contributed by atoms with Crippen LogP contribution in [0.1, 0.15) is 165 Å². The van der Waals surface area contributed by atoms with E-state index in [-0.39, 0.29) is 125 Å². The Labute approximate surface area is 835 Å². The summed E-state index contributed by atoms with van der Waals surface area (Å²) in [4.78, 5) is 115. The van der Waals surface area contributed by atoms with Crippen molar-refractivity contribution in [1.82, 2.24) is 0 Å². The molecule has 0 aliphatic heterocycles. The molecular weight excluding hydrogens is 1930 g/mol. The van der Waals surface area contributed by atoms with E-state index in [2.05, 4.69) is 74.5 Å². The van der Waals surface area contributed by atoms with E-state index in [1.54, 1.807) is 49.4 Å². The number of ketones is 4. The fourth-order valence-corrected chi connectivity index (χ4v) is 12.0. The molecule has 0 spiro atoms. The number of Topliss-reactive ketones (excluding diaryl/α,β-unsaturated/α-hetero) is 4. The molecule has 0 saturated carbocycles. The quantitative estimate of drug-likeness (QED) is 0.00168. The molecule has 0 aromatic heterocycles. The third kappa shape index (κ3) is 40.8. The molecule has 41 nitrogen and oxygen atoms in total. The Morgan fingerprint density at radius 2 is 0.616 bits per heavy atom. The molecule has 0 heterocycles. The Morgan fingerprint density at radius 1 is 0.329 bits per heavy atom. The molecule has 10 aromatic carbocycles. The number of carbonyl (C=O) groups excluding carboxylic acids is 10. The van der Waals surface area contributed by atoms with E-state index >= 15 is 0 Å². The summed E-state index contributed by atoms with van der Waals surface area (Å²) in [5.41, 5.74) is 3.33. The summed E-state index contributed by atoms with van der Waals surface area (Å²) in [6.45, 7) is 30.7. The van der Waals surface area contributed by atoms with E-state index < -0.39 is 189 Å². The molecule has 0 bridgehead atoms. The van der Waals surface area contributed by atoms with Gasteiger partial charge >= 0.3 is 35.8 Å². The van der Waals surface area contributed by atoms with E-state index in [1.807, 2.05) is 24.3 Å². The first-order chi connectivity index (χ1) is 68.5. The number of allylic oxidation sites excluding steroid dienone is 3. The largest absolute Gasteiger partial charge is 0.504 e. The minimum Gasteiger partial charge on any atom is -0.504 e. The lowest BCUT2D eigenvalue weighted by atomic mass is 10.1. The van der Waals surface area contributed by atoms with Crippen molar-refractivity contribution in [2.24, 2.45) is 0 Å². The van der Waals surface area contributed by atoms with Gasteiger partial charge in [0.25, 0.3) is 0 Å². The first-order valence-electron chi connectivity index (χ1n) is 42.7. The minimum atomic E-state index is -1.14. The highest BCUT2D eigenvalue weighted by Crippen LogP contribution is 2.43. The fraction of sp³-hybridized carbons (Fsp3) is 0.192. The Bertz CT molecular complexity index is 6230. The van der Waals surface area contributed by atoms with Gasteiger partial charge in [0.05, 0.1) is 41.0 Å². The highest BCUT2D eigenvalue weighted by molar-refractivity contribution is 6.76. The Kier molecular flexibility index (Phi) is 49.2. The molecule has 0 saturated heterocycles. The lowest BCUT2D eigenvalue weighted by molar-refractivity contribution is -0.147. The normalized spacial score (nSPS) is 10.1. The van der Waals surface area contributed by atoms with Crippen molar-refractivity contribution in [3.8, 4) is 156 Å². The number of benzene rings is 10. The van der Waals surface area contributed by atoms with Crippen LogP contribution in [0.4, 0.5) is 0 Å². The maximum Gasteiger partial charge on any atom is 0.341 e. The number of esters is 6. The van der Waals surface area contributed by atoms with Crippen LogP contribution >= 0.6 is 0 Å². The van der Waals surface area contributed by atoms with Gasteiger partial charge < -0.3 is 156 Å². The van der Waals surface area contributed by atoms with Gasteiger partial charge in [0.2, 0.25) is 6.79 Å². The van der Waals surface area contributed by atoms with Crippen molar-refractivity contribution in [2.45, 2.75) is 97.5 Å². The third-order valence-electron chi connectivity index (χ3n) is 18.7. The van der Waals surface area contributed by atoms with Crippen molar-refractivity contribution >= 4 is 79.2 Å². The van der Waals surface area contributed by atoms with Crippen molar-refractivity contribution in [1.29, 1.82) is 0 Å². The molecule has 0 amide bonds. The second-order valence-corrected chi connectivity index (χ2v) is 37.1. The van der Waals surface area contributed by atoms with Crippen LogP contribution < -0.4 is 4.74 Å². The molecule has 0 atom stereocenters. The summed E-state index contributed by atoms with van der Waals surface area (Å²) < 4.78 is 34.5. The van der Waals surface area contributed by atoms with Crippen LogP contribution in [0.5, 0.6) is 144 Å². The van der Waals surface area contributed by atoms with Gasteiger partial charge in [0.15, 0.2) is 161 Å². The molecule has 0 radical (unpaired) electrons. The third-order valence-corrected chi connectivity index (χ3v) is 20.5. The van der Waals surface area contributed by atoms with Gasteiger partial charge in [-0.3, -0.25) is 19.2 Å². The Balaban J connectivity index is 0.000000431. The SMILES string of the molecule is C#CCCC(=O)c1cc(O)c(O)c(O)c1.C=C(C)C(=O)CCCOC(=O)c1cc(O)c(O)c(O)c1.C=C(C)C(=O)OCOC(=O)c1cc(O)c(O)c(O)c1.C=CCC(=O)c1cc(O)c(O)c(O)c1.C=CCCC(=O)c1cc(O)c(O)c(O)c1.C=Cc1ccc(COC(=O)c2cc(O)c(O)c(O)c2)cc1.C=Cc1ccc(OCCOC(=O)c2cc(O)c(O)c(O)c2)cc1.C[Si](C)(C)CCCOC(=O)c1cc(O)c(O)c(O)c1. The van der Waals surface area contributed by atoms with Gasteiger partial charge in [0, 0.05) is 62.4 Å². The minimum absolute atomic E-state index is 0.00948. The molecule has 10 rings (SSSR count). The van der Waals surface area contributed by atoms with Crippen LogP contribution in [0.15, 0.2) is 208 Å². The first kappa shape index (κ1) is 121. The average molecular weight is 2040 g/mol. The zero-order valence-electron chi connectivity index (χ0n) is 79.3. The van der Waals surface area contributed by atoms with Crippen molar-refractivity contribution in [2.75, 3.05) is 33.2 Å². The van der Waals surface area contributed by atoms with Gasteiger partial charge in [0.1, 0.15) is 25.6 Å². The summed E-state index contributed by atoms with van der Waals surface area (Å²) >= 11 is 0. The monoisotopic (exact) mass is 2040 g/mol. The maximum atomic E-state index is 11.8. The summed E-state index contributed by atoms with van der Waals surface area (Å²) in [5.74, 6) is -16.9. The van der Waals surface area contributed by atoms with Crippen molar-refractivity contribution in [3.05, 3.63) is 270 Å². The fourth-order valence-electron chi connectivity index (χ4n) is 10.8. The molecule has 0 aliphatic carbocycles. The van der Waals surface area contributed by atoms with E-state index in [4.69, 9.17) is 81.2 Å². The van der Waals surface area contributed by atoms with Crippen LogP contribution in [0.2, 0.25) is 25.7 Å². The first-order valence-corrected chi connectivity index (χ1v) is 46.4. The van der Waals surface area contributed by atoms with Crippen molar-refractivity contribution < 1.29 is 204 Å². The van der Waals surface area contributed by atoms with Crippen LogP contribution in [-0.4, -0.2) is 223 Å². The Hall–Kier alpha value is -19.1. The zero-order chi connectivity index (χ0) is 110. The lowest BCUT2D eigenvalue weighted by Gasteiger charge is -2.15. The number of hydrogen-bond acceptors (Lipinski definition) is 41. The number of hydrogen-bond donors (Lipinski definition) is 24. The summed E-state index contributed by atoms with van der Waals surface area (Å²) in [7, 11) is -1.14. The number of terminal acetylenes is 1. The van der Waals surface area contributed by atoms with E-state index in [1.165, 1.54) is 13.0 Å². The van der Waals surface area contributed by atoms with Crippen LogP contribution in [0.3, 0.4) is 0 Å². The average Bonchev–Trinajstić information content (AvgIpc) is 1.64. The molecule has 146 heavy (non-hydrogen) atoms. The summed E-state index contributed by atoms with van der Waals surface area (Å²) in [5, 5.41) is 221. The zero-order valence-corrected chi connectivity index (χ0v) is 80.3. The van der Waals surface area contributed by atoms with Crippen LogP contribution in [0.25, 0.3) is 12.2 Å². The van der Waals surface area contributed by atoms with Crippen LogP contribution in [-0.2, 0) is 44.6 Å². The second-order valence-electron chi connectivity index (χ2n) is 31.5. The van der Waals surface area contributed by atoms with E-state index in [0.29, 0.717) is 37.2 Å². The highest BCUT2D eigenvalue weighted by Gasteiger charge is 2.24. The molecule has 0 aliphatic rings. The van der Waals surface area contributed by atoms with Gasteiger partial charge in [-0.1, -0.05) is 113 Å². The Morgan fingerprint density at radius 3 is 0.911 bits per heavy atom. The van der Waals surface area contributed by atoms with Gasteiger partial charge in [-0.05, 0) is 165 Å². The number of ether oxygens (including phenoxy) is 7. The predicted molar refractivity (Wildman–Crippen MR) is 528 cm³/mol. The van der Waals surface area contributed by atoms with Gasteiger partial charge in [-0.25, -0.2) is 28.8 Å².